The topological polar surface area (TPSA) is 71.1 Å². The van der Waals surface area contributed by atoms with Gasteiger partial charge in [-0.05, 0) is 56.4 Å². The average molecular weight is 367 g/mol. The first-order valence-corrected chi connectivity index (χ1v) is 9.11. The van der Waals surface area contributed by atoms with Crippen LogP contribution in [-0.2, 0) is 0 Å². The molecule has 6 heteroatoms. The zero-order valence-electron chi connectivity index (χ0n) is 15.0. The monoisotopic (exact) mass is 367 g/mol. The smallest absolute Gasteiger partial charge is 0.269 e. The second kappa shape index (κ2) is 9.07. The Balaban J connectivity index is 1.59. The molecule has 0 saturated carbocycles. The molecule has 1 aromatic carbocycles. The van der Waals surface area contributed by atoms with Crippen LogP contribution in [0.3, 0.4) is 0 Å². The van der Waals surface area contributed by atoms with Gasteiger partial charge in [0.25, 0.3) is 11.8 Å². The molecule has 0 saturated heterocycles. The van der Waals surface area contributed by atoms with E-state index in [2.05, 4.69) is 21.7 Å². The molecular formula is C21H22FN3O2. The van der Waals surface area contributed by atoms with Crippen molar-refractivity contribution < 1.29 is 14.0 Å². The number of anilines is 1. The molecule has 3 rings (SSSR count). The number of aromatic nitrogens is 1. The van der Waals surface area contributed by atoms with Crippen molar-refractivity contribution in [1.29, 1.82) is 0 Å². The first-order valence-electron chi connectivity index (χ1n) is 9.11. The summed E-state index contributed by atoms with van der Waals surface area (Å²) < 4.78 is 13.7. The molecule has 2 N–H and O–H groups in total. The van der Waals surface area contributed by atoms with E-state index in [4.69, 9.17) is 0 Å². The molecule has 0 atom stereocenters. The maximum Gasteiger partial charge on any atom is 0.269 e. The van der Waals surface area contributed by atoms with Gasteiger partial charge in [-0.3, -0.25) is 14.6 Å². The van der Waals surface area contributed by atoms with Crippen LogP contribution in [0, 0.1) is 5.82 Å². The molecule has 1 aliphatic carbocycles. The standard InChI is InChI=1S/C21H22FN3O2/c22-17-8-4-5-9-18(17)25-20(26)16-11-13-23-19(14-16)21(27)24-12-10-15-6-2-1-3-7-15/h4-6,8-9,11,13-14H,1-3,7,10,12H2,(H,24,27)(H,25,26). The van der Waals surface area contributed by atoms with Gasteiger partial charge in [0.2, 0.25) is 0 Å². The second-order valence-corrected chi connectivity index (χ2v) is 6.48. The number of benzene rings is 1. The van der Waals surface area contributed by atoms with Crippen molar-refractivity contribution >= 4 is 17.5 Å². The zero-order chi connectivity index (χ0) is 19.1. The number of carbonyl (C=O) groups is 2. The van der Waals surface area contributed by atoms with Crippen molar-refractivity contribution in [2.45, 2.75) is 32.1 Å². The molecule has 2 amide bonds. The van der Waals surface area contributed by atoms with Gasteiger partial charge in [0, 0.05) is 18.3 Å². The summed E-state index contributed by atoms with van der Waals surface area (Å²) in [5.74, 6) is -1.34. The highest BCUT2D eigenvalue weighted by molar-refractivity contribution is 6.05. The van der Waals surface area contributed by atoms with E-state index in [9.17, 15) is 14.0 Å². The molecule has 0 unspecified atom stereocenters. The van der Waals surface area contributed by atoms with Gasteiger partial charge in [0.15, 0.2) is 0 Å². The molecular weight excluding hydrogens is 345 g/mol. The molecule has 0 bridgehead atoms. The van der Waals surface area contributed by atoms with Crippen LogP contribution < -0.4 is 10.6 Å². The number of amides is 2. The van der Waals surface area contributed by atoms with Gasteiger partial charge in [-0.25, -0.2) is 4.39 Å². The van der Waals surface area contributed by atoms with Crippen molar-refractivity contribution in [3.05, 3.63) is 71.3 Å². The Labute approximate surface area is 157 Å². The van der Waals surface area contributed by atoms with Crippen LogP contribution in [-0.4, -0.2) is 23.3 Å². The van der Waals surface area contributed by atoms with E-state index in [-0.39, 0.29) is 22.9 Å². The first-order chi connectivity index (χ1) is 13.1. The highest BCUT2D eigenvalue weighted by atomic mass is 19.1. The van der Waals surface area contributed by atoms with E-state index >= 15 is 0 Å². The van der Waals surface area contributed by atoms with Gasteiger partial charge in [0.1, 0.15) is 11.5 Å². The van der Waals surface area contributed by atoms with Gasteiger partial charge in [-0.15, -0.1) is 0 Å². The number of allylic oxidation sites excluding steroid dienone is 1. The molecule has 1 aromatic heterocycles. The van der Waals surface area contributed by atoms with Crippen LogP contribution in [0.1, 0.15) is 53.0 Å². The van der Waals surface area contributed by atoms with Crippen LogP contribution in [0.4, 0.5) is 10.1 Å². The van der Waals surface area contributed by atoms with E-state index in [1.807, 2.05) is 0 Å². The lowest BCUT2D eigenvalue weighted by molar-refractivity contribution is 0.0949. The number of nitrogens with zero attached hydrogens (tertiary/aromatic N) is 1. The lowest BCUT2D eigenvalue weighted by atomic mass is 9.97. The Hall–Kier alpha value is -3.02. The largest absolute Gasteiger partial charge is 0.350 e. The summed E-state index contributed by atoms with van der Waals surface area (Å²) in [5.41, 5.74) is 1.88. The molecule has 140 valence electrons. The fraction of sp³-hybridized carbons (Fsp3) is 0.286. The van der Waals surface area contributed by atoms with Crippen molar-refractivity contribution in [2.24, 2.45) is 0 Å². The lowest BCUT2D eigenvalue weighted by Gasteiger charge is -2.13. The third-order valence-corrected chi connectivity index (χ3v) is 4.49. The van der Waals surface area contributed by atoms with Crippen molar-refractivity contribution in [2.75, 3.05) is 11.9 Å². The summed E-state index contributed by atoms with van der Waals surface area (Å²) in [6, 6.07) is 8.81. The Bertz CT molecular complexity index is 864. The number of hydrogen-bond donors (Lipinski definition) is 2. The van der Waals surface area contributed by atoms with Crippen LogP contribution in [0.15, 0.2) is 54.2 Å². The summed E-state index contributed by atoms with van der Waals surface area (Å²) in [7, 11) is 0. The Morgan fingerprint density at radius 3 is 2.74 bits per heavy atom. The number of pyridine rings is 1. The zero-order valence-corrected chi connectivity index (χ0v) is 15.0. The van der Waals surface area contributed by atoms with E-state index in [1.165, 1.54) is 48.9 Å². The fourth-order valence-corrected chi connectivity index (χ4v) is 3.01. The number of carbonyl (C=O) groups excluding carboxylic acids is 2. The van der Waals surface area contributed by atoms with Crippen LogP contribution in [0.25, 0.3) is 0 Å². The first kappa shape index (κ1) is 18.8. The number of para-hydroxylation sites is 1. The third kappa shape index (κ3) is 5.23. The van der Waals surface area contributed by atoms with E-state index in [1.54, 1.807) is 12.1 Å². The second-order valence-electron chi connectivity index (χ2n) is 6.48. The van der Waals surface area contributed by atoms with Gasteiger partial charge >= 0.3 is 0 Å². The van der Waals surface area contributed by atoms with Crippen molar-refractivity contribution in [3.63, 3.8) is 0 Å². The minimum absolute atomic E-state index is 0.0890. The predicted octanol–water partition coefficient (Wildman–Crippen LogP) is 4.09. The SMILES string of the molecule is O=C(Nc1ccccc1F)c1ccnc(C(=O)NCCC2=CCCCC2)c1. The van der Waals surface area contributed by atoms with Gasteiger partial charge < -0.3 is 10.6 Å². The Morgan fingerprint density at radius 1 is 1.11 bits per heavy atom. The normalized spacial score (nSPS) is 13.6. The van der Waals surface area contributed by atoms with Crippen LogP contribution in [0.2, 0.25) is 0 Å². The van der Waals surface area contributed by atoms with E-state index < -0.39 is 11.7 Å². The number of rotatable bonds is 6. The average Bonchev–Trinajstić information content (AvgIpc) is 2.70. The third-order valence-electron chi connectivity index (χ3n) is 4.49. The number of halogens is 1. The summed E-state index contributed by atoms with van der Waals surface area (Å²) in [6.45, 7) is 0.540. The molecule has 0 fully saturated rings. The van der Waals surface area contributed by atoms with Crippen LogP contribution >= 0.6 is 0 Å². The molecule has 5 nitrogen and oxygen atoms in total. The van der Waals surface area contributed by atoms with Gasteiger partial charge in [0.05, 0.1) is 5.69 Å². The minimum atomic E-state index is -0.519. The summed E-state index contributed by atoms with van der Waals surface area (Å²) >= 11 is 0. The van der Waals surface area contributed by atoms with Crippen molar-refractivity contribution in [1.82, 2.24) is 10.3 Å². The molecule has 1 aliphatic rings. The Morgan fingerprint density at radius 2 is 1.96 bits per heavy atom. The highest BCUT2D eigenvalue weighted by Gasteiger charge is 2.13. The van der Waals surface area contributed by atoms with E-state index in [0.29, 0.717) is 6.54 Å². The molecule has 2 aromatic rings. The molecule has 0 spiro atoms. The van der Waals surface area contributed by atoms with E-state index in [0.717, 1.165) is 19.3 Å². The Kier molecular flexibility index (Phi) is 6.30. The van der Waals surface area contributed by atoms with Crippen molar-refractivity contribution in [3.8, 4) is 0 Å². The molecule has 0 aliphatic heterocycles. The molecule has 1 heterocycles. The summed E-state index contributed by atoms with van der Waals surface area (Å²) in [6.07, 6.45) is 9.14. The van der Waals surface area contributed by atoms with Crippen LogP contribution in [0.5, 0.6) is 0 Å². The number of nitrogens with one attached hydrogen (secondary N) is 2. The summed E-state index contributed by atoms with van der Waals surface area (Å²) in [4.78, 5) is 28.6. The predicted molar refractivity (Wildman–Crippen MR) is 102 cm³/mol. The maximum absolute atomic E-state index is 13.7. The van der Waals surface area contributed by atoms with Gasteiger partial charge in [-0.1, -0.05) is 23.8 Å². The molecule has 27 heavy (non-hydrogen) atoms. The maximum atomic E-state index is 13.7. The minimum Gasteiger partial charge on any atom is -0.350 e. The summed E-state index contributed by atoms with van der Waals surface area (Å²) in [5, 5.41) is 5.34. The van der Waals surface area contributed by atoms with Gasteiger partial charge in [-0.2, -0.15) is 0 Å². The fourth-order valence-electron chi connectivity index (χ4n) is 3.01. The highest BCUT2D eigenvalue weighted by Crippen LogP contribution is 2.19. The quantitative estimate of drug-likeness (QED) is 0.756. The molecule has 0 radical (unpaired) electrons. The lowest BCUT2D eigenvalue weighted by Crippen LogP contribution is -2.26. The number of hydrogen-bond acceptors (Lipinski definition) is 3.